The lowest BCUT2D eigenvalue weighted by atomic mass is 10.2. The SMILES string of the molecule is COc1cc(-n2ccc(COc3ccc(F)cc3)nc2=O)ccc1OCC(C)(C)O. The molecule has 0 spiro atoms. The highest BCUT2D eigenvalue weighted by Crippen LogP contribution is 2.29. The molecular weight excluding hydrogens is 391 g/mol. The van der Waals surface area contributed by atoms with Crippen molar-refractivity contribution >= 4 is 0 Å². The number of aliphatic hydroxyl groups is 1. The van der Waals surface area contributed by atoms with Crippen LogP contribution in [0.3, 0.4) is 0 Å². The van der Waals surface area contributed by atoms with Gasteiger partial charge in [-0.3, -0.25) is 4.57 Å². The number of nitrogens with zero attached hydrogens (tertiary/aromatic N) is 2. The predicted molar refractivity (Wildman–Crippen MR) is 109 cm³/mol. The van der Waals surface area contributed by atoms with Gasteiger partial charge in [0.1, 0.15) is 24.8 Å². The van der Waals surface area contributed by atoms with E-state index in [1.54, 1.807) is 44.3 Å². The summed E-state index contributed by atoms with van der Waals surface area (Å²) in [5.74, 6) is 1.00. The van der Waals surface area contributed by atoms with E-state index in [0.29, 0.717) is 28.6 Å². The van der Waals surface area contributed by atoms with Crippen LogP contribution in [-0.4, -0.2) is 34.0 Å². The van der Waals surface area contributed by atoms with Crippen LogP contribution in [0.4, 0.5) is 4.39 Å². The average Bonchev–Trinajstić information content (AvgIpc) is 2.71. The Balaban J connectivity index is 1.75. The summed E-state index contributed by atoms with van der Waals surface area (Å²) in [5, 5.41) is 9.82. The van der Waals surface area contributed by atoms with Crippen LogP contribution in [-0.2, 0) is 6.61 Å². The molecule has 0 unspecified atom stereocenters. The van der Waals surface area contributed by atoms with E-state index in [0.717, 1.165) is 0 Å². The van der Waals surface area contributed by atoms with E-state index in [2.05, 4.69) is 4.98 Å². The highest BCUT2D eigenvalue weighted by Gasteiger charge is 2.16. The third-order valence-electron chi connectivity index (χ3n) is 4.07. The fourth-order valence-corrected chi connectivity index (χ4v) is 2.58. The van der Waals surface area contributed by atoms with E-state index in [9.17, 15) is 14.3 Å². The third kappa shape index (κ3) is 5.57. The number of rotatable bonds is 8. The monoisotopic (exact) mass is 414 g/mol. The van der Waals surface area contributed by atoms with Gasteiger partial charge in [0.25, 0.3) is 0 Å². The van der Waals surface area contributed by atoms with E-state index in [1.165, 1.54) is 35.9 Å². The van der Waals surface area contributed by atoms with Crippen LogP contribution in [0, 0.1) is 5.82 Å². The summed E-state index contributed by atoms with van der Waals surface area (Å²) in [4.78, 5) is 16.5. The minimum atomic E-state index is -0.990. The first-order valence-corrected chi connectivity index (χ1v) is 9.26. The van der Waals surface area contributed by atoms with Gasteiger partial charge in [0, 0.05) is 12.3 Å². The van der Waals surface area contributed by atoms with Crippen LogP contribution < -0.4 is 19.9 Å². The molecule has 0 aliphatic rings. The largest absolute Gasteiger partial charge is 0.493 e. The summed E-state index contributed by atoms with van der Waals surface area (Å²) < 4.78 is 30.8. The van der Waals surface area contributed by atoms with Crippen molar-refractivity contribution in [2.45, 2.75) is 26.1 Å². The fraction of sp³-hybridized carbons (Fsp3) is 0.273. The van der Waals surface area contributed by atoms with Crippen LogP contribution in [0.1, 0.15) is 19.5 Å². The molecule has 0 bridgehead atoms. The molecule has 0 aliphatic carbocycles. The average molecular weight is 414 g/mol. The second-order valence-corrected chi connectivity index (χ2v) is 7.25. The van der Waals surface area contributed by atoms with Crippen molar-refractivity contribution in [1.29, 1.82) is 0 Å². The molecule has 0 saturated heterocycles. The van der Waals surface area contributed by atoms with Gasteiger partial charge in [0.2, 0.25) is 0 Å². The highest BCUT2D eigenvalue weighted by molar-refractivity contribution is 5.49. The van der Waals surface area contributed by atoms with E-state index >= 15 is 0 Å². The first-order chi connectivity index (χ1) is 14.2. The van der Waals surface area contributed by atoms with E-state index in [-0.39, 0.29) is 19.0 Å². The first-order valence-electron chi connectivity index (χ1n) is 9.26. The quantitative estimate of drug-likeness (QED) is 0.610. The molecule has 0 fully saturated rings. The van der Waals surface area contributed by atoms with E-state index < -0.39 is 11.3 Å². The minimum Gasteiger partial charge on any atom is -0.493 e. The standard InChI is InChI=1S/C22H23FN2O5/c1-22(2,27)14-30-19-9-6-17(12-20(19)28-3)25-11-10-16(24-21(25)26)13-29-18-7-4-15(23)5-8-18/h4-12,27H,13-14H2,1-3H3. The summed E-state index contributed by atoms with van der Waals surface area (Å²) in [6.07, 6.45) is 1.59. The molecule has 0 saturated carbocycles. The van der Waals surface area contributed by atoms with Crippen molar-refractivity contribution in [3.63, 3.8) is 0 Å². The van der Waals surface area contributed by atoms with Gasteiger partial charge >= 0.3 is 5.69 Å². The van der Waals surface area contributed by atoms with Crippen LogP contribution in [0.2, 0.25) is 0 Å². The molecule has 30 heavy (non-hydrogen) atoms. The Morgan fingerprint density at radius 1 is 1.07 bits per heavy atom. The summed E-state index contributed by atoms with van der Waals surface area (Å²) in [7, 11) is 1.49. The van der Waals surface area contributed by atoms with Gasteiger partial charge in [0.05, 0.1) is 24.1 Å². The van der Waals surface area contributed by atoms with Crippen molar-refractivity contribution in [3.8, 4) is 22.9 Å². The number of hydrogen-bond acceptors (Lipinski definition) is 6. The predicted octanol–water partition coefficient (Wildman–Crippen LogP) is 3.11. The van der Waals surface area contributed by atoms with Crippen molar-refractivity contribution in [2.75, 3.05) is 13.7 Å². The Hall–Kier alpha value is -3.39. The normalized spacial score (nSPS) is 11.2. The van der Waals surface area contributed by atoms with Crippen molar-refractivity contribution in [1.82, 2.24) is 9.55 Å². The number of halogens is 1. The molecular formula is C22H23FN2O5. The minimum absolute atomic E-state index is 0.0781. The maximum Gasteiger partial charge on any atom is 0.352 e. The Labute approximate surface area is 173 Å². The summed E-state index contributed by atoms with van der Waals surface area (Å²) in [6, 6.07) is 12.3. The molecule has 8 heteroatoms. The van der Waals surface area contributed by atoms with Crippen LogP contribution in [0.15, 0.2) is 59.5 Å². The maximum atomic E-state index is 12.9. The molecule has 7 nitrogen and oxygen atoms in total. The smallest absolute Gasteiger partial charge is 0.352 e. The van der Waals surface area contributed by atoms with Crippen molar-refractivity contribution < 1.29 is 23.7 Å². The first kappa shape index (κ1) is 21.3. The molecule has 158 valence electrons. The van der Waals surface area contributed by atoms with Crippen molar-refractivity contribution in [2.24, 2.45) is 0 Å². The number of benzene rings is 2. The van der Waals surface area contributed by atoms with Crippen molar-refractivity contribution in [3.05, 3.63) is 76.7 Å². The number of hydrogen-bond donors (Lipinski definition) is 1. The topological polar surface area (TPSA) is 82.8 Å². The zero-order chi connectivity index (χ0) is 21.7. The van der Waals surface area contributed by atoms with Crippen LogP contribution >= 0.6 is 0 Å². The number of ether oxygens (including phenoxy) is 3. The zero-order valence-electron chi connectivity index (χ0n) is 17.0. The van der Waals surface area contributed by atoms with E-state index in [1.807, 2.05) is 0 Å². The lowest BCUT2D eigenvalue weighted by molar-refractivity contribution is 0.0276. The highest BCUT2D eigenvalue weighted by atomic mass is 19.1. The van der Waals surface area contributed by atoms with Crippen LogP contribution in [0.25, 0.3) is 5.69 Å². The number of aromatic nitrogens is 2. The summed E-state index contributed by atoms with van der Waals surface area (Å²) in [6.45, 7) is 3.45. The second kappa shape index (κ2) is 8.96. The summed E-state index contributed by atoms with van der Waals surface area (Å²) in [5.41, 5.74) is -0.484. The molecule has 1 N–H and O–H groups in total. The Morgan fingerprint density at radius 2 is 1.80 bits per heavy atom. The Morgan fingerprint density at radius 3 is 2.43 bits per heavy atom. The van der Waals surface area contributed by atoms with Gasteiger partial charge < -0.3 is 19.3 Å². The maximum absolute atomic E-state index is 12.9. The van der Waals surface area contributed by atoms with Gasteiger partial charge in [-0.25, -0.2) is 9.18 Å². The molecule has 0 aliphatic heterocycles. The van der Waals surface area contributed by atoms with Gasteiger partial charge in [-0.05, 0) is 56.3 Å². The molecule has 1 aromatic heterocycles. The molecule has 0 radical (unpaired) electrons. The molecule has 2 aromatic carbocycles. The van der Waals surface area contributed by atoms with Gasteiger partial charge in [0.15, 0.2) is 11.5 Å². The van der Waals surface area contributed by atoms with E-state index in [4.69, 9.17) is 14.2 Å². The molecule has 0 atom stereocenters. The molecule has 1 heterocycles. The molecule has 3 rings (SSSR count). The molecule has 0 amide bonds. The lowest BCUT2D eigenvalue weighted by Crippen LogP contribution is -2.28. The third-order valence-corrected chi connectivity index (χ3v) is 4.07. The summed E-state index contributed by atoms with van der Waals surface area (Å²) >= 11 is 0. The van der Waals surface area contributed by atoms with Gasteiger partial charge in [-0.1, -0.05) is 0 Å². The van der Waals surface area contributed by atoms with Crippen LogP contribution in [0.5, 0.6) is 17.2 Å². The number of methoxy groups -OCH3 is 1. The second-order valence-electron chi connectivity index (χ2n) is 7.25. The lowest BCUT2D eigenvalue weighted by Gasteiger charge is -2.19. The van der Waals surface area contributed by atoms with Gasteiger partial charge in [-0.15, -0.1) is 0 Å². The zero-order valence-corrected chi connectivity index (χ0v) is 17.0. The van der Waals surface area contributed by atoms with Gasteiger partial charge in [-0.2, -0.15) is 4.98 Å². The Kier molecular flexibility index (Phi) is 6.37. The Bertz CT molecular complexity index is 1060. The fourth-order valence-electron chi connectivity index (χ4n) is 2.58. The molecule has 3 aromatic rings.